The summed E-state index contributed by atoms with van der Waals surface area (Å²) in [7, 11) is -3.48. The molecule has 3 heterocycles. The van der Waals surface area contributed by atoms with E-state index in [9.17, 15) is 8.42 Å². The standard InChI is InChI=1S/C22H34N4O3S/c1-2-23-21(25-14-10-22(17-25)11-15-29-18-22)24-16-19-8-4-5-9-20(19)30(27,28)26-12-6-3-7-13-26/h4-5,8-9H,2-3,6-7,10-18H2,1H3,(H,23,24). The molecule has 1 aromatic rings. The van der Waals surface area contributed by atoms with Gasteiger partial charge in [-0.25, -0.2) is 13.4 Å². The smallest absolute Gasteiger partial charge is 0.243 e. The van der Waals surface area contributed by atoms with Crippen molar-refractivity contribution in [1.82, 2.24) is 14.5 Å². The molecule has 8 heteroatoms. The van der Waals surface area contributed by atoms with Gasteiger partial charge in [-0.1, -0.05) is 24.6 Å². The van der Waals surface area contributed by atoms with Crippen molar-refractivity contribution < 1.29 is 13.2 Å². The summed E-state index contributed by atoms with van der Waals surface area (Å²) >= 11 is 0. The van der Waals surface area contributed by atoms with Crippen LogP contribution in [0.1, 0.15) is 44.6 Å². The van der Waals surface area contributed by atoms with Crippen molar-refractivity contribution in [2.75, 3.05) is 45.9 Å². The number of piperidine rings is 1. The summed E-state index contributed by atoms with van der Waals surface area (Å²) in [6.45, 7) is 8.02. The Labute approximate surface area is 180 Å². The lowest BCUT2D eigenvalue weighted by molar-refractivity contribution is 0.156. The minimum atomic E-state index is -3.48. The summed E-state index contributed by atoms with van der Waals surface area (Å²) in [4.78, 5) is 7.55. The zero-order valence-electron chi connectivity index (χ0n) is 18.0. The SMILES string of the molecule is CCNC(=NCc1ccccc1S(=O)(=O)N1CCCCC1)N1CCC2(CCOC2)C1. The summed E-state index contributed by atoms with van der Waals surface area (Å²) in [6, 6.07) is 7.32. The van der Waals surface area contributed by atoms with Crippen LogP contribution in [0.3, 0.4) is 0 Å². The number of guanidine groups is 1. The fourth-order valence-electron chi connectivity index (χ4n) is 4.80. The molecular weight excluding hydrogens is 400 g/mol. The van der Waals surface area contributed by atoms with Crippen LogP contribution in [0.5, 0.6) is 0 Å². The Morgan fingerprint density at radius 1 is 1.17 bits per heavy atom. The van der Waals surface area contributed by atoms with E-state index in [0.717, 1.165) is 76.5 Å². The van der Waals surface area contributed by atoms with Crippen molar-refractivity contribution in [3.63, 3.8) is 0 Å². The second-order valence-corrected chi connectivity index (χ2v) is 10.6. The van der Waals surface area contributed by atoms with Gasteiger partial charge < -0.3 is 15.0 Å². The Morgan fingerprint density at radius 3 is 2.70 bits per heavy atom. The highest BCUT2D eigenvalue weighted by Crippen LogP contribution is 2.38. The number of rotatable bonds is 5. The molecule has 4 rings (SSSR count). The first kappa shape index (κ1) is 21.6. The number of nitrogens with zero attached hydrogens (tertiary/aromatic N) is 3. The van der Waals surface area contributed by atoms with Gasteiger partial charge in [-0.05, 0) is 44.2 Å². The summed E-state index contributed by atoms with van der Waals surface area (Å²) < 4.78 is 33.8. The van der Waals surface area contributed by atoms with Crippen LogP contribution in [0.25, 0.3) is 0 Å². The van der Waals surface area contributed by atoms with Crippen LogP contribution in [0.4, 0.5) is 0 Å². The molecule has 1 N–H and O–H groups in total. The van der Waals surface area contributed by atoms with Gasteiger partial charge in [-0.15, -0.1) is 0 Å². The molecule has 1 unspecified atom stereocenters. The van der Waals surface area contributed by atoms with Crippen molar-refractivity contribution in [2.45, 2.75) is 50.5 Å². The maximum absolute atomic E-state index is 13.2. The van der Waals surface area contributed by atoms with E-state index in [0.29, 0.717) is 24.5 Å². The summed E-state index contributed by atoms with van der Waals surface area (Å²) in [6.07, 6.45) is 5.21. The molecule has 3 aliphatic rings. The summed E-state index contributed by atoms with van der Waals surface area (Å²) in [5.41, 5.74) is 1.02. The number of hydrogen-bond donors (Lipinski definition) is 1. The predicted octanol–water partition coefficient (Wildman–Crippen LogP) is 2.44. The Kier molecular flexibility index (Phi) is 6.65. The van der Waals surface area contributed by atoms with Crippen LogP contribution in [-0.2, 0) is 21.3 Å². The molecule has 7 nitrogen and oxygen atoms in total. The highest BCUT2D eigenvalue weighted by molar-refractivity contribution is 7.89. The van der Waals surface area contributed by atoms with Crippen molar-refractivity contribution >= 4 is 16.0 Å². The molecule has 0 aromatic heterocycles. The van der Waals surface area contributed by atoms with Gasteiger partial charge in [-0.3, -0.25) is 0 Å². The highest BCUT2D eigenvalue weighted by atomic mass is 32.2. The zero-order valence-corrected chi connectivity index (χ0v) is 18.8. The fraction of sp³-hybridized carbons (Fsp3) is 0.682. The lowest BCUT2D eigenvalue weighted by Crippen LogP contribution is -2.41. The number of aliphatic imine (C=N–C) groups is 1. The van der Waals surface area contributed by atoms with Crippen LogP contribution in [0, 0.1) is 5.41 Å². The minimum absolute atomic E-state index is 0.256. The number of ether oxygens (including phenoxy) is 1. The Bertz CT molecular complexity index is 859. The van der Waals surface area contributed by atoms with Crippen LogP contribution in [0.2, 0.25) is 0 Å². The first-order valence-electron chi connectivity index (χ1n) is 11.2. The summed E-state index contributed by atoms with van der Waals surface area (Å²) in [5.74, 6) is 0.867. The lowest BCUT2D eigenvalue weighted by atomic mass is 9.87. The van der Waals surface area contributed by atoms with Gasteiger partial charge in [0, 0.05) is 44.7 Å². The van der Waals surface area contributed by atoms with Gasteiger partial charge in [0.25, 0.3) is 0 Å². The molecule has 1 atom stereocenters. The second-order valence-electron chi connectivity index (χ2n) is 8.72. The number of sulfonamides is 1. The van der Waals surface area contributed by atoms with Crippen molar-refractivity contribution in [2.24, 2.45) is 10.4 Å². The Morgan fingerprint density at radius 2 is 1.97 bits per heavy atom. The van der Waals surface area contributed by atoms with Crippen molar-refractivity contribution in [3.8, 4) is 0 Å². The quantitative estimate of drug-likeness (QED) is 0.569. The second kappa shape index (κ2) is 9.24. The van der Waals surface area contributed by atoms with E-state index < -0.39 is 10.0 Å². The molecule has 1 spiro atoms. The number of nitrogens with one attached hydrogen (secondary N) is 1. The van der Waals surface area contributed by atoms with E-state index >= 15 is 0 Å². The molecule has 3 fully saturated rings. The molecular formula is C22H34N4O3S. The Balaban J connectivity index is 1.53. The monoisotopic (exact) mass is 434 g/mol. The van der Waals surface area contributed by atoms with E-state index in [4.69, 9.17) is 9.73 Å². The van der Waals surface area contributed by atoms with E-state index in [2.05, 4.69) is 17.1 Å². The van der Waals surface area contributed by atoms with E-state index in [-0.39, 0.29) is 5.41 Å². The van der Waals surface area contributed by atoms with Gasteiger partial charge in [0.15, 0.2) is 5.96 Å². The maximum atomic E-state index is 13.2. The lowest BCUT2D eigenvalue weighted by Gasteiger charge is -2.27. The number of hydrogen-bond acceptors (Lipinski definition) is 4. The Hall–Kier alpha value is -1.64. The van der Waals surface area contributed by atoms with Gasteiger partial charge in [0.2, 0.25) is 10.0 Å². The average molecular weight is 435 g/mol. The maximum Gasteiger partial charge on any atom is 0.243 e. The third kappa shape index (κ3) is 4.50. The number of likely N-dealkylation sites (tertiary alicyclic amines) is 1. The van der Waals surface area contributed by atoms with Gasteiger partial charge >= 0.3 is 0 Å². The van der Waals surface area contributed by atoms with E-state index in [1.165, 1.54) is 0 Å². The minimum Gasteiger partial charge on any atom is -0.381 e. The van der Waals surface area contributed by atoms with Crippen LogP contribution in [-0.4, -0.2) is 69.5 Å². The predicted molar refractivity (Wildman–Crippen MR) is 118 cm³/mol. The molecule has 0 amide bonds. The molecule has 30 heavy (non-hydrogen) atoms. The number of benzene rings is 1. The third-order valence-corrected chi connectivity index (χ3v) is 8.56. The van der Waals surface area contributed by atoms with Crippen molar-refractivity contribution in [3.05, 3.63) is 29.8 Å². The molecule has 0 bridgehead atoms. The van der Waals surface area contributed by atoms with E-state index in [1.54, 1.807) is 16.4 Å². The van der Waals surface area contributed by atoms with Crippen molar-refractivity contribution in [1.29, 1.82) is 0 Å². The molecule has 1 aromatic carbocycles. The fourth-order valence-corrected chi connectivity index (χ4v) is 6.54. The largest absolute Gasteiger partial charge is 0.381 e. The van der Waals surface area contributed by atoms with E-state index in [1.807, 2.05) is 12.1 Å². The molecule has 0 aliphatic carbocycles. The molecule has 0 radical (unpaired) electrons. The molecule has 3 aliphatic heterocycles. The average Bonchev–Trinajstić information content (AvgIpc) is 3.41. The van der Waals surface area contributed by atoms with Crippen LogP contribution in [0.15, 0.2) is 34.2 Å². The third-order valence-electron chi connectivity index (χ3n) is 6.56. The normalized spacial score (nSPS) is 25.9. The van der Waals surface area contributed by atoms with Crippen LogP contribution >= 0.6 is 0 Å². The zero-order chi connectivity index (χ0) is 21.0. The van der Waals surface area contributed by atoms with Crippen LogP contribution < -0.4 is 5.32 Å². The first-order valence-corrected chi connectivity index (χ1v) is 12.7. The van der Waals surface area contributed by atoms with Gasteiger partial charge in [0.1, 0.15) is 0 Å². The van der Waals surface area contributed by atoms with Gasteiger partial charge in [-0.2, -0.15) is 4.31 Å². The first-order chi connectivity index (χ1) is 14.5. The topological polar surface area (TPSA) is 74.2 Å². The highest BCUT2D eigenvalue weighted by Gasteiger charge is 2.42. The molecule has 0 saturated carbocycles. The summed E-state index contributed by atoms with van der Waals surface area (Å²) in [5, 5.41) is 3.40. The molecule has 166 valence electrons. The van der Waals surface area contributed by atoms with Gasteiger partial charge in [0.05, 0.1) is 18.0 Å². The molecule has 3 saturated heterocycles.